The molecule has 18 heavy (non-hydrogen) atoms. The van der Waals surface area contributed by atoms with Crippen LogP contribution in [0.1, 0.15) is 24.0 Å². The minimum absolute atomic E-state index is 0.0158. The Balaban J connectivity index is 2.31. The summed E-state index contributed by atoms with van der Waals surface area (Å²) in [6.45, 7) is 0. The number of hydrogen-bond donors (Lipinski definition) is 1. The number of hydrogen-bond acceptors (Lipinski definition) is 2. The molecule has 2 rings (SSSR count). The van der Waals surface area contributed by atoms with Crippen LogP contribution in [0, 0.1) is 5.41 Å². The van der Waals surface area contributed by atoms with Crippen LogP contribution >= 0.6 is 11.6 Å². The molecular formula is C11H9ClF3NO2. The first-order valence-corrected chi connectivity index (χ1v) is 5.57. The molecule has 98 valence electrons. The molecule has 0 aliphatic heterocycles. The molecule has 0 atom stereocenters. The molecule has 0 unspecified atom stereocenters. The molecule has 0 bridgehead atoms. The fourth-order valence-corrected chi connectivity index (χ4v) is 1.92. The molecule has 1 saturated carbocycles. The number of rotatable bonds is 3. The number of nitrogens with zero attached hydrogens (tertiary/aromatic N) is 1. The average Bonchev–Trinajstić information content (AvgIpc) is 3.00. The number of carboxylic acids is 1. The van der Waals surface area contributed by atoms with Crippen molar-refractivity contribution in [3.8, 4) is 0 Å². The molecule has 3 nitrogen and oxygen atoms in total. The Bertz CT molecular complexity index is 498. The van der Waals surface area contributed by atoms with E-state index in [1.807, 2.05) is 0 Å². The van der Waals surface area contributed by atoms with Crippen molar-refractivity contribution in [3.05, 3.63) is 28.5 Å². The number of halogens is 4. The Labute approximate surface area is 106 Å². The van der Waals surface area contributed by atoms with Crippen LogP contribution in [0.2, 0.25) is 5.15 Å². The van der Waals surface area contributed by atoms with Gasteiger partial charge in [0, 0.05) is 6.20 Å². The van der Waals surface area contributed by atoms with E-state index < -0.39 is 23.1 Å². The maximum Gasteiger partial charge on any atom is 0.417 e. The van der Waals surface area contributed by atoms with Gasteiger partial charge in [0.25, 0.3) is 0 Å². The number of alkyl halides is 3. The van der Waals surface area contributed by atoms with Gasteiger partial charge >= 0.3 is 12.1 Å². The highest BCUT2D eigenvalue weighted by Gasteiger charge is 2.50. The van der Waals surface area contributed by atoms with Crippen molar-refractivity contribution in [2.75, 3.05) is 0 Å². The Morgan fingerprint density at radius 1 is 1.50 bits per heavy atom. The standard InChI is InChI=1S/C11H9ClF3NO2/c12-8-6(4-10(1-2-10)9(17)18)3-7(5-16-8)11(13,14)15/h3,5H,1-2,4H2,(H,17,18). The zero-order valence-corrected chi connectivity index (χ0v) is 9.85. The number of pyridine rings is 1. The Morgan fingerprint density at radius 2 is 2.11 bits per heavy atom. The molecule has 1 aliphatic carbocycles. The summed E-state index contributed by atoms with van der Waals surface area (Å²) in [6, 6.07) is 0.873. The van der Waals surface area contributed by atoms with Crippen LogP contribution in [-0.2, 0) is 17.4 Å². The second kappa shape index (κ2) is 4.12. The van der Waals surface area contributed by atoms with E-state index in [0.717, 1.165) is 6.07 Å². The topological polar surface area (TPSA) is 50.2 Å². The maximum atomic E-state index is 12.5. The van der Waals surface area contributed by atoms with Gasteiger partial charge in [0.2, 0.25) is 0 Å². The molecule has 1 fully saturated rings. The quantitative estimate of drug-likeness (QED) is 0.865. The summed E-state index contributed by atoms with van der Waals surface area (Å²) >= 11 is 5.71. The van der Waals surface area contributed by atoms with Crippen LogP contribution in [0.15, 0.2) is 12.3 Å². The van der Waals surface area contributed by atoms with Crippen molar-refractivity contribution in [1.29, 1.82) is 0 Å². The fourth-order valence-electron chi connectivity index (χ4n) is 1.75. The summed E-state index contributed by atoms with van der Waals surface area (Å²) < 4.78 is 37.5. The van der Waals surface area contributed by atoms with E-state index in [1.165, 1.54) is 0 Å². The molecule has 1 aromatic rings. The zero-order valence-electron chi connectivity index (χ0n) is 9.09. The van der Waals surface area contributed by atoms with Gasteiger partial charge in [0.1, 0.15) is 5.15 Å². The molecule has 0 aromatic carbocycles. The molecule has 0 saturated heterocycles. The van der Waals surface area contributed by atoms with Gasteiger partial charge in [-0.3, -0.25) is 4.79 Å². The molecule has 1 N–H and O–H groups in total. The van der Waals surface area contributed by atoms with Crippen LogP contribution in [0.5, 0.6) is 0 Å². The second-order valence-electron chi connectivity index (χ2n) is 4.43. The minimum atomic E-state index is -4.51. The van der Waals surface area contributed by atoms with Crippen LogP contribution in [0.25, 0.3) is 0 Å². The summed E-state index contributed by atoms with van der Waals surface area (Å²) in [5.41, 5.74) is -1.75. The monoisotopic (exact) mass is 279 g/mol. The van der Waals surface area contributed by atoms with E-state index in [1.54, 1.807) is 0 Å². The van der Waals surface area contributed by atoms with E-state index in [4.69, 9.17) is 16.7 Å². The van der Waals surface area contributed by atoms with Crippen molar-refractivity contribution < 1.29 is 23.1 Å². The highest BCUT2D eigenvalue weighted by atomic mass is 35.5. The van der Waals surface area contributed by atoms with E-state index in [9.17, 15) is 18.0 Å². The average molecular weight is 280 g/mol. The molecule has 0 amide bonds. The first kappa shape index (κ1) is 13.1. The van der Waals surface area contributed by atoms with Gasteiger partial charge in [-0.05, 0) is 30.9 Å². The van der Waals surface area contributed by atoms with Gasteiger partial charge in [-0.25, -0.2) is 4.98 Å². The lowest BCUT2D eigenvalue weighted by Crippen LogP contribution is -2.18. The Kier molecular flexibility index (Phi) is 3.01. The van der Waals surface area contributed by atoms with Crippen LogP contribution < -0.4 is 0 Å². The van der Waals surface area contributed by atoms with Gasteiger partial charge in [0.15, 0.2) is 0 Å². The second-order valence-corrected chi connectivity index (χ2v) is 4.79. The smallest absolute Gasteiger partial charge is 0.417 e. The summed E-state index contributed by atoms with van der Waals surface area (Å²) in [6.07, 6.45) is -2.97. The molecule has 1 aliphatic rings. The number of aliphatic carboxylic acids is 1. The van der Waals surface area contributed by atoms with Crippen molar-refractivity contribution >= 4 is 17.6 Å². The molecule has 0 radical (unpaired) electrons. The van der Waals surface area contributed by atoms with Gasteiger partial charge in [0.05, 0.1) is 11.0 Å². The van der Waals surface area contributed by atoms with Crippen molar-refractivity contribution in [2.45, 2.75) is 25.4 Å². The largest absolute Gasteiger partial charge is 0.481 e. The van der Waals surface area contributed by atoms with Gasteiger partial charge < -0.3 is 5.11 Å². The van der Waals surface area contributed by atoms with Crippen LogP contribution in [0.4, 0.5) is 13.2 Å². The van der Waals surface area contributed by atoms with Crippen molar-refractivity contribution in [2.24, 2.45) is 5.41 Å². The number of carboxylic acid groups (broad SMARTS) is 1. The molecule has 1 heterocycles. The summed E-state index contributed by atoms with van der Waals surface area (Å²) in [5, 5.41) is 8.93. The van der Waals surface area contributed by atoms with Crippen molar-refractivity contribution in [1.82, 2.24) is 4.98 Å². The van der Waals surface area contributed by atoms with Gasteiger partial charge in [-0.1, -0.05) is 11.6 Å². The Morgan fingerprint density at radius 3 is 2.56 bits per heavy atom. The SMILES string of the molecule is O=C(O)C1(Cc2cc(C(F)(F)F)cnc2Cl)CC1. The first-order valence-electron chi connectivity index (χ1n) is 5.20. The predicted molar refractivity (Wildman–Crippen MR) is 57.3 cm³/mol. The van der Waals surface area contributed by atoms with Crippen LogP contribution in [0.3, 0.4) is 0 Å². The van der Waals surface area contributed by atoms with E-state index >= 15 is 0 Å². The van der Waals surface area contributed by atoms with E-state index in [-0.39, 0.29) is 17.1 Å². The lowest BCUT2D eigenvalue weighted by atomic mass is 9.97. The third-order valence-electron chi connectivity index (χ3n) is 3.08. The molecule has 1 aromatic heterocycles. The summed E-state index contributed by atoms with van der Waals surface area (Å²) in [7, 11) is 0. The molecular weight excluding hydrogens is 271 g/mol. The van der Waals surface area contributed by atoms with E-state index in [2.05, 4.69) is 4.98 Å². The molecule has 0 spiro atoms. The predicted octanol–water partition coefficient (Wildman–Crippen LogP) is 3.16. The summed E-state index contributed by atoms with van der Waals surface area (Å²) in [4.78, 5) is 14.5. The third-order valence-corrected chi connectivity index (χ3v) is 3.42. The molecule has 7 heteroatoms. The van der Waals surface area contributed by atoms with E-state index in [0.29, 0.717) is 19.0 Å². The van der Waals surface area contributed by atoms with Gasteiger partial charge in [-0.15, -0.1) is 0 Å². The highest BCUT2D eigenvalue weighted by molar-refractivity contribution is 6.30. The van der Waals surface area contributed by atoms with Gasteiger partial charge in [-0.2, -0.15) is 13.2 Å². The highest BCUT2D eigenvalue weighted by Crippen LogP contribution is 2.49. The number of carbonyl (C=O) groups is 1. The number of aromatic nitrogens is 1. The first-order chi connectivity index (χ1) is 8.24. The normalized spacial score (nSPS) is 17.6. The fraction of sp³-hybridized carbons (Fsp3) is 0.455. The Hall–Kier alpha value is -1.30. The lowest BCUT2D eigenvalue weighted by Gasteiger charge is -2.13. The van der Waals surface area contributed by atoms with Crippen molar-refractivity contribution in [3.63, 3.8) is 0 Å². The lowest BCUT2D eigenvalue weighted by molar-refractivity contribution is -0.143. The summed E-state index contributed by atoms with van der Waals surface area (Å²) in [5.74, 6) is -1.00. The maximum absolute atomic E-state index is 12.5. The van der Waals surface area contributed by atoms with Crippen LogP contribution in [-0.4, -0.2) is 16.1 Å². The zero-order chi connectivity index (χ0) is 13.6. The minimum Gasteiger partial charge on any atom is -0.481 e. The third kappa shape index (κ3) is 2.43.